The van der Waals surface area contributed by atoms with Gasteiger partial charge >= 0.3 is 0 Å². The monoisotopic (exact) mass is 284 g/mol. The number of hydrogen-bond donors (Lipinski definition) is 0. The van der Waals surface area contributed by atoms with Crippen LogP contribution in [0.25, 0.3) is 6.08 Å². The number of halogens is 1. The fourth-order valence-corrected chi connectivity index (χ4v) is 2.14. The van der Waals surface area contributed by atoms with Gasteiger partial charge in [-0.25, -0.2) is 0 Å². The van der Waals surface area contributed by atoms with E-state index in [-0.39, 0.29) is 5.78 Å². The first-order chi connectivity index (χ1) is 9.58. The summed E-state index contributed by atoms with van der Waals surface area (Å²) in [6.45, 7) is 4.32. The van der Waals surface area contributed by atoms with Crippen LogP contribution in [0.3, 0.4) is 0 Å². The normalized spacial score (nSPS) is 11.2. The quantitative estimate of drug-likeness (QED) is 0.546. The van der Waals surface area contributed by atoms with Crippen molar-refractivity contribution < 1.29 is 4.79 Å². The molecular formula is C18H17ClO. The van der Waals surface area contributed by atoms with Gasteiger partial charge in [0.1, 0.15) is 0 Å². The van der Waals surface area contributed by atoms with Gasteiger partial charge in [0.15, 0.2) is 5.78 Å². The molecule has 0 atom stereocenters. The standard InChI is InChI=1S/C18H17ClO/c1-13(2)15-10-7-14(8-11-15)9-12-18(20)16-5-3-4-6-17(16)19/h3-13H,1-2H3. The Bertz CT molecular complexity index is 624. The van der Waals surface area contributed by atoms with E-state index in [1.807, 2.05) is 30.3 Å². The number of benzene rings is 2. The van der Waals surface area contributed by atoms with Crippen LogP contribution in [0.1, 0.15) is 41.3 Å². The van der Waals surface area contributed by atoms with Crippen molar-refractivity contribution in [3.8, 4) is 0 Å². The summed E-state index contributed by atoms with van der Waals surface area (Å²) in [7, 11) is 0. The molecule has 0 fully saturated rings. The Morgan fingerprint density at radius 2 is 1.70 bits per heavy atom. The zero-order valence-electron chi connectivity index (χ0n) is 11.6. The molecule has 2 aromatic carbocycles. The number of hydrogen-bond acceptors (Lipinski definition) is 1. The Morgan fingerprint density at radius 1 is 1.05 bits per heavy atom. The van der Waals surface area contributed by atoms with Gasteiger partial charge in [-0.3, -0.25) is 4.79 Å². The average Bonchev–Trinajstić information content (AvgIpc) is 2.45. The van der Waals surface area contributed by atoms with E-state index in [2.05, 4.69) is 26.0 Å². The number of carbonyl (C=O) groups is 1. The van der Waals surface area contributed by atoms with E-state index < -0.39 is 0 Å². The molecule has 0 spiro atoms. The zero-order valence-corrected chi connectivity index (χ0v) is 12.4. The lowest BCUT2D eigenvalue weighted by Gasteiger charge is -2.04. The molecule has 20 heavy (non-hydrogen) atoms. The molecule has 0 aliphatic heterocycles. The highest BCUT2D eigenvalue weighted by Gasteiger charge is 2.05. The topological polar surface area (TPSA) is 17.1 Å². The molecule has 0 N–H and O–H groups in total. The van der Waals surface area contributed by atoms with Crippen LogP contribution in [-0.4, -0.2) is 5.78 Å². The summed E-state index contributed by atoms with van der Waals surface area (Å²) in [5.74, 6) is 0.432. The maximum Gasteiger partial charge on any atom is 0.187 e. The van der Waals surface area contributed by atoms with Crippen molar-refractivity contribution in [1.82, 2.24) is 0 Å². The van der Waals surface area contributed by atoms with Crippen LogP contribution in [0.4, 0.5) is 0 Å². The predicted molar refractivity (Wildman–Crippen MR) is 85.3 cm³/mol. The van der Waals surface area contributed by atoms with Gasteiger partial charge < -0.3 is 0 Å². The van der Waals surface area contributed by atoms with Crippen LogP contribution in [0.2, 0.25) is 5.02 Å². The van der Waals surface area contributed by atoms with Crippen molar-refractivity contribution in [2.75, 3.05) is 0 Å². The van der Waals surface area contributed by atoms with Crippen LogP contribution in [0, 0.1) is 0 Å². The molecule has 1 nitrogen and oxygen atoms in total. The van der Waals surface area contributed by atoms with Crippen molar-refractivity contribution in [1.29, 1.82) is 0 Å². The molecule has 0 radical (unpaired) electrons. The predicted octanol–water partition coefficient (Wildman–Crippen LogP) is 5.36. The molecule has 0 aromatic heterocycles. The maximum absolute atomic E-state index is 12.0. The molecule has 0 aliphatic carbocycles. The van der Waals surface area contributed by atoms with Crippen LogP contribution in [0.5, 0.6) is 0 Å². The minimum absolute atomic E-state index is 0.0801. The zero-order chi connectivity index (χ0) is 14.5. The molecule has 0 amide bonds. The summed E-state index contributed by atoms with van der Waals surface area (Å²) in [5, 5.41) is 0.484. The van der Waals surface area contributed by atoms with Gasteiger partial charge in [0.2, 0.25) is 0 Å². The van der Waals surface area contributed by atoms with Crippen molar-refractivity contribution in [3.05, 3.63) is 76.3 Å². The van der Waals surface area contributed by atoms with E-state index >= 15 is 0 Å². The minimum atomic E-state index is -0.0801. The third-order valence-electron chi connectivity index (χ3n) is 3.17. The Kier molecular flexibility index (Phi) is 4.75. The van der Waals surface area contributed by atoms with Crippen LogP contribution in [0.15, 0.2) is 54.6 Å². The largest absolute Gasteiger partial charge is 0.289 e. The van der Waals surface area contributed by atoms with Crippen LogP contribution < -0.4 is 0 Å². The van der Waals surface area contributed by atoms with E-state index in [1.54, 1.807) is 18.2 Å². The highest BCUT2D eigenvalue weighted by molar-refractivity contribution is 6.34. The number of ketones is 1. The third kappa shape index (κ3) is 3.58. The molecule has 2 rings (SSSR count). The summed E-state index contributed by atoms with van der Waals surface area (Å²) in [6.07, 6.45) is 3.38. The summed E-state index contributed by atoms with van der Waals surface area (Å²) in [6, 6.07) is 15.3. The molecule has 0 aliphatic rings. The van der Waals surface area contributed by atoms with Crippen LogP contribution in [-0.2, 0) is 0 Å². The molecule has 2 heteroatoms. The van der Waals surface area contributed by atoms with E-state index in [1.165, 1.54) is 5.56 Å². The van der Waals surface area contributed by atoms with Crippen LogP contribution >= 0.6 is 11.6 Å². The van der Waals surface area contributed by atoms with Gasteiger partial charge in [0, 0.05) is 5.56 Å². The summed E-state index contributed by atoms with van der Waals surface area (Å²) < 4.78 is 0. The lowest BCUT2D eigenvalue weighted by atomic mass is 10.0. The Balaban J connectivity index is 2.13. The first-order valence-electron chi connectivity index (χ1n) is 6.65. The highest BCUT2D eigenvalue weighted by atomic mass is 35.5. The minimum Gasteiger partial charge on any atom is -0.289 e. The van der Waals surface area contributed by atoms with Gasteiger partial charge in [0.25, 0.3) is 0 Å². The Hall–Kier alpha value is -1.86. The lowest BCUT2D eigenvalue weighted by molar-refractivity contribution is 0.104. The van der Waals surface area contributed by atoms with Gasteiger partial charge in [-0.2, -0.15) is 0 Å². The van der Waals surface area contributed by atoms with Crippen molar-refractivity contribution in [3.63, 3.8) is 0 Å². The molecule has 2 aromatic rings. The summed E-state index contributed by atoms with van der Waals surface area (Å²) in [4.78, 5) is 12.0. The smallest absolute Gasteiger partial charge is 0.187 e. The van der Waals surface area contributed by atoms with Gasteiger partial charge in [0.05, 0.1) is 5.02 Å². The number of rotatable bonds is 4. The molecule has 0 saturated carbocycles. The van der Waals surface area contributed by atoms with Crippen molar-refractivity contribution >= 4 is 23.5 Å². The molecule has 0 bridgehead atoms. The average molecular weight is 285 g/mol. The summed E-state index contributed by atoms with van der Waals surface area (Å²) >= 11 is 6.00. The van der Waals surface area contributed by atoms with E-state index in [0.717, 1.165) is 5.56 Å². The van der Waals surface area contributed by atoms with Gasteiger partial charge in [-0.05, 0) is 35.3 Å². The SMILES string of the molecule is CC(C)c1ccc(C=CC(=O)c2ccccc2Cl)cc1. The van der Waals surface area contributed by atoms with E-state index in [9.17, 15) is 4.79 Å². The molecular weight excluding hydrogens is 268 g/mol. The summed E-state index contributed by atoms with van der Waals surface area (Å²) in [5.41, 5.74) is 2.83. The maximum atomic E-state index is 12.0. The second-order valence-electron chi connectivity index (χ2n) is 5.00. The van der Waals surface area contributed by atoms with Gasteiger partial charge in [-0.1, -0.05) is 67.9 Å². The van der Waals surface area contributed by atoms with E-state index in [0.29, 0.717) is 16.5 Å². The number of allylic oxidation sites excluding steroid dienone is 1. The molecule has 0 heterocycles. The fourth-order valence-electron chi connectivity index (χ4n) is 1.91. The first-order valence-corrected chi connectivity index (χ1v) is 7.02. The van der Waals surface area contributed by atoms with Crippen molar-refractivity contribution in [2.45, 2.75) is 19.8 Å². The van der Waals surface area contributed by atoms with E-state index in [4.69, 9.17) is 11.6 Å². The molecule has 0 saturated heterocycles. The first kappa shape index (κ1) is 14.5. The molecule has 0 unspecified atom stereocenters. The second kappa shape index (κ2) is 6.53. The Morgan fingerprint density at radius 3 is 2.30 bits per heavy atom. The lowest BCUT2D eigenvalue weighted by Crippen LogP contribution is -1.94. The second-order valence-corrected chi connectivity index (χ2v) is 5.41. The third-order valence-corrected chi connectivity index (χ3v) is 3.50. The number of carbonyl (C=O) groups excluding carboxylic acids is 1. The fraction of sp³-hybridized carbons (Fsp3) is 0.167. The van der Waals surface area contributed by atoms with Gasteiger partial charge in [-0.15, -0.1) is 0 Å². The highest BCUT2D eigenvalue weighted by Crippen LogP contribution is 2.18. The van der Waals surface area contributed by atoms with Crippen molar-refractivity contribution in [2.24, 2.45) is 0 Å². The Labute approximate surface area is 124 Å². The molecule has 102 valence electrons.